The molecule has 0 heterocycles. The molecule has 0 saturated heterocycles. The Morgan fingerprint density at radius 3 is 2.42 bits per heavy atom. The van der Waals surface area contributed by atoms with E-state index in [1.54, 1.807) is 19.1 Å². The van der Waals surface area contributed by atoms with E-state index in [4.69, 9.17) is 0 Å². The average molecular weight is 331 g/mol. The number of carbonyl (C=O) groups is 1. The SMILES string of the molecule is CC(O)(CNC(=O)C1(c2cccc(F)c2)CC1)c1ccc(F)cc1. The van der Waals surface area contributed by atoms with Crippen LogP contribution in [0.2, 0.25) is 0 Å². The van der Waals surface area contributed by atoms with Crippen molar-refractivity contribution >= 4 is 5.91 Å². The van der Waals surface area contributed by atoms with E-state index in [9.17, 15) is 18.7 Å². The molecule has 1 unspecified atom stereocenters. The molecular formula is C19H19F2NO2. The molecule has 1 aliphatic rings. The molecule has 24 heavy (non-hydrogen) atoms. The van der Waals surface area contributed by atoms with Crippen molar-refractivity contribution in [1.82, 2.24) is 5.32 Å². The molecule has 2 aromatic rings. The predicted octanol–water partition coefficient (Wildman–Crippen LogP) is 3.02. The van der Waals surface area contributed by atoms with Crippen molar-refractivity contribution in [3.8, 4) is 0 Å². The molecule has 0 aliphatic heterocycles. The van der Waals surface area contributed by atoms with Gasteiger partial charge in [0, 0.05) is 0 Å². The zero-order chi connectivity index (χ0) is 17.4. The summed E-state index contributed by atoms with van der Waals surface area (Å²) >= 11 is 0. The van der Waals surface area contributed by atoms with Gasteiger partial charge in [-0.1, -0.05) is 24.3 Å². The number of carbonyl (C=O) groups excluding carboxylic acids is 1. The van der Waals surface area contributed by atoms with Crippen LogP contribution in [-0.4, -0.2) is 17.6 Å². The number of aliphatic hydroxyl groups is 1. The van der Waals surface area contributed by atoms with E-state index in [-0.39, 0.29) is 24.1 Å². The Kier molecular flexibility index (Phi) is 4.13. The van der Waals surface area contributed by atoms with Crippen LogP contribution in [0.15, 0.2) is 48.5 Å². The van der Waals surface area contributed by atoms with Gasteiger partial charge >= 0.3 is 0 Å². The van der Waals surface area contributed by atoms with Crippen molar-refractivity contribution in [2.75, 3.05) is 6.54 Å². The lowest BCUT2D eigenvalue weighted by Gasteiger charge is -2.26. The summed E-state index contributed by atoms with van der Waals surface area (Å²) in [6.07, 6.45) is 1.31. The standard InChI is InChI=1S/C19H19F2NO2/c1-18(24,13-5-7-15(20)8-6-13)12-22-17(23)19(9-10-19)14-3-2-4-16(21)11-14/h2-8,11,24H,9-10,12H2,1H3,(H,22,23). The van der Waals surface area contributed by atoms with Crippen molar-refractivity contribution < 1.29 is 18.7 Å². The number of hydrogen-bond acceptors (Lipinski definition) is 2. The minimum absolute atomic E-state index is 0.00543. The number of halogens is 2. The van der Waals surface area contributed by atoms with Crippen molar-refractivity contribution in [2.45, 2.75) is 30.8 Å². The Labute approximate surface area is 139 Å². The van der Waals surface area contributed by atoms with Gasteiger partial charge in [-0.2, -0.15) is 0 Å². The first-order valence-electron chi connectivity index (χ1n) is 7.86. The first-order valence-corrected chi connectivity index (χ1v) is 7.86. The maximum atomic E-state index is 13.4. The van der Waals surface area contributed by atoms with Crippen LogP contribution in [0.1, 0.15) is 30.9 Å². The van der Waals surface area contributed by atoms with Gasteiger partial charge in [0.05, 0.1) is 12.0 Å². The summed E-state index contributed by atoms with van der Waals surface area (Å²) in [5.74, 6) is -0.984. The molecule has 1 atom stereocenters. The average Bonchev–Trinajstić information content (AvgIpc) is 3.35. The van der Waals surface area contributed by atoms with Gasteiger partial charge in [-0.15, -0.1) is 0 Å². The van der Waals surface area contributed by atoms with Crippen molar-refractivity contribution in [3.05, 3.63) is 71.3 Å². The number of rotatable bonds is 5. The van der Waals surface area contributed by atoms with E-state index in [1.807, 2.05) is 0 Å². The molecule has 2 aromatic carbocycles. The predicted molar refractivity (Wildman–Crippen MR) is 86.3 cm³/mol. The molecule has 0 aromatic heterocycles. The van der Waals surface area contributed by atoms with Crippen LogP contribution in [0.25, 0.3) is 0 Å². The van der Waals surface area contributed by atoms with Crippen molar-refractivity contribution in [2.24, 2.45) is 0 Å². The summed E-state index contributed by atoms with van der Waals surface area (Å²) in [5.41, 5.74) is -0.858. The van der Waals surface area contributed by atoms with E-state index in [0.29, 0.717) is 24.0 Å². The molecule has 0 radical (unpaired) electrons. The summed E-state index contributed by atoms with van der Waals surface area (Å²) in [5, 5.41) is 13.3. The van der Waals surface area contributed by atoms with E-state index < -0.39 is 11.0 Å². The normalized spacial score (nSPS) is 17.8. The Balaban J connectivity index is 1.70. The van der Waals surface area contributed by atoms with Gasteiger partial charge in [-0.05, 0) is 55.2 Å². The molecular weight excluding hydrogens is 312 g/mol. The fraction of sp³-hybridized carbons (Fsp3) is 0.316. The third-order valence-corrected chi connectivity index (χ3v) is 4.62. The number of nitrogens with one attached hydrogen (secondary N) is 1. The highest BCUT2D eigenvalue weighted by Gasteiger charge is 2.51. The third-order valence-electron chi connectivity index (χ3n) is 4.62. The Hall–Kier alpha value is -2.27. The summed E-state index contributed by atoms with van der Waals surface area (Å²) < 4.78 is 26.4. The van der Waals surface area contributed by atoms with Crippen molar-refractivity contribution in [3.63, 3.8) is 0 Å². The quantitative estimate of drug-likeness (QED) is 0.885. The molecule has 3 nitrogen and oxygen atoms in total. The molecule has 1 saturated carbocycles. The Morgan fingerprint density at radius 1 is 1.17 bits per heavy atom. The van der Waals surface area contributed by atoms with Crippen LogP contribution in [0.3, 0.4) is 0 Å². The largest absolute Gasteiger partial charge is 0.384 e. The number of amides is 1. The van der Waals surface area contributed by atoms with Crippen LogP contribution in [0.5, 0.6) is 0 Å². The van der Waals surface area contributed by atoms with Gasteiger partial charge in [0.1, 0.15) is 17.2 Å². The fourth-order valence-corrected chi connectivity index (χ4v) is 2.89. The van der Waals surface area contributed by atoms with E-state index in [0.717, 1.165) is 0 Å². The molecule has 3 rings (SSSR count). The van der Waals surface area contributed by atoms with Crippen LogP contribution in [0.4, 0.5) is 8.78 Å². The van der Waals surface area contributed by atoms with Crippen molar-refractivity contribution in [1.29, 1.82) is 0 Å². The van der Waals surface area contributed by atoms with Gasteiger partial charge in [-0.25, -0.2) is 8.78 Å². The third kappa shape index (κ3) is 3.17. The molecule has 1 amide bonds. The zero-order valence-corrected chi connectivity index (χ0v) is 13.4. The second-order valence-electron chi connectivity index (χ2n) is 6.56. The molecule has 1 aliphatic carbocycles. The summed E-state index contributed by atoms with van der Waals surface area (Å²) in [4.78, 5) is 12.6. The molecule has 1 fully saturated rings. The van der Waals surface area contributed by atoms with Crippen LogP contribution in [0, 0.1) is 11.6 Å². The van der Waals surface area contributed by atoms with E-state index in [2.05, 4.69) is 5.32 Å². The van der Waals surface area contributed by atoms with Crippen LogP contribution < -0.4 is 5.32 Å². The maximum Gasteiger partial charge on any atom is 0.230 e. The lowest BCUT2D eigenvalue weighted by atomic mass is 9.93. The number of hydrogen-bond donors (Lipinski definition) is 2. The monoisotopic (exact) mass is 331 g/mol. The number of benzene rings is 2. The second kappa shape index (κ2) is 5.98. The topological polar surface area (TPSA) is 49.3 Å². The van der Waals surface area contributed by atoms with Gasteiger partial charge in [0.25, 0.3) is 0 Å². The smallest absolute Gasteiger partial charge is 0.230 e. The summed E-state index contributed by atoms with van der Waals surface area (Å²) in [7, 11) is 0. The van der Waals surface area contributed by atoms with Gasteiger partial charge < -0.3 is 10.4 Å². The first kappa shape index (κ1) is 16.6. The zero-order valence-electron chi connectivity index (χ0n) is 13.4. The lowest BCUT2D eigenvalue weighted by Crippen LogP contribution is -2.43. The highest BCUT2D eigenvalue weighted by atomic mass is 19.1. The lowest BCUT2D eigenvalue weighted by molar-refractivity contribution is -0.124. The van der Waals surface area contributed by atoms with E-state index in [1.165, 1.54) is 36.4 Å². The highest BCUT2D eigenvalue weighted by molar-refractivity contribution is 5.91. The highest BCUT2D eigenvalue weighted by Crippen LogP contribution is 2.48. The minimum atomic E-state index is -1.32. The Bertz CT molecular complexity index is 752. The molecule has 0 bridgehead atoms. The minimum Gasteiger partial charge on any atom is -0.384 e. The molecule has 5 heteroatoms. The van der Waals surface area contributed by atoms with Gasteiger partial charge in [0.2, 0.25) is 5.91 Å². The van der Waals surface area contributed by atoms with E-state index >= 15 is 0 Å². The second-order valence-corrected chi connectivity index (χ2v) is 6.56. The summed E-state index contributed by atoms with van der Waals surface area (Å²) in [6, 6.07) is 11.6. The maximum absolute atomic E-state index is 13.4. The van der Waals surface area contributed by atoms with Crippen LogP contribution >= 0.6 is 0 Å². The fourth-order valence-electron chi connectivity index (χ4n) is 2.89. The molecule has 126 valence electrons. The van der Waals surface area contributed by atoms with Gasteiger partial charge in [0.15, 0.2) is 0 Å². The summed E-state index contributed by atoms with van der Waals surface area (Å²) in [6.45, 7) is 1.55. The van der Waals surface area contributed by atoms with Crippen LogP contribution in [-0.2, 0) is 15.8 Å². The first-order chi connectivity index (χ1) is 11.3. The molecule has 2 N–H and O–H groups in total. The van der Waals surface area contributed by atoms with Gasteiger partial charge in [-0.3, -0.25) is 4.79 Å². The Morgan fingerprint density at radius 2 is 1.83 bits per heavy atom. The molecule has 0 spiro atoms.